The third kappa shape index (κ3) is 67.8. The molecule has 0 spiro atoms. The van der Waals surface area contributed by atoms with E-state index in [0.717, 1.165) is 0 Å². The van der Waals surface area contributed by atoms with Crippen molar-refractivity contribution in [1.82, 2.24) is 0 Å². The summed E-state index contributed by atoms with van der Waals surface area (Å²) in [6, 6.07) is 0. The highest BCUT2D eigenvalue weighted by Gasteiger charge is 2.00. The molecule has 46 heavy (non-hydrogen) atoms. The van der Waals surface area contributed by atoms with E-state index in [1.807, 2.05) is 0 Å². The third-order valence-electron chi connectivity index (χ3n) is 3.99. The van der Waals surface area contributed by atoms with Gasteiger partial charge in [0.25, 0.3) is 0 Å². The number of Topliss-reactive ketones (excluding diaryl/α,β-unsaturated/α-hetero) is 4. The number of carboxylic acids is 4. The van der Waals surface area contributed by atoms with Crippen molar-refractivity contribution in [3.8, 4) is 0 Å². The van der Waals surface area contributed by atoms with Crippen LogP contribution in [0.3, 0.4) is 0 Å². The second-order valence-electron chi connectivity index (χ2n) is 8.80. The molecule has 0 aromatic carbocycles. The molecule has 0 fully saturated rings. The largest absolute Gasteiger partial charge is 0.481 e. The summed E-state index contributed by atoms with van der Waals surface area (Å²) in [6.07, 6.45) is 0.730. The number of hydrogen-bond acceptors (Lipinski definition) is 14. The first-order chi connectivity index (χ1) is 21.5. The Morgan fingerprint density at radius 3 is 0.804 bits per heavy atom. The van der Waals surface area contributed by atoms with Crippen LogP contribution in [0, 0.1) is 0 Å². The standard InChI is InChI=1S/C10H18O6.C8H14O5.C6H10O4.C4H6O3/c1-9(11)2-3-14-4-5-15-6-7-16-8-10(12)13;1-7(9)2-3-12-4-5-13-6-8(10)11;1-5(7)2-3-10-4-6(8)9;1-3(5)2-4(6)7/h2-8H2,1H3,(H,12,13);2-6H2,1H3,(H,10,11);2-4H2,1H3,(H,8,9);2H2,1H3,(H,6,7). The number of carbonyl (C=O) groups excluding carboxylic acids is 4. The molecule has 18 heteroatoms. The smallest absolute Gasteiger partial charge is 0.329 e. The number of aliphatic carboxylic acids is 4. The van der Waals surface area contributed by atoms with Gasteiger partial charge in [0.2, 0.25) is 0 Å². The Labute approximate surface area is 267 Å². The second-order valence-corrected chi connectivity index (χ2v) is 8.80. The van der Waals surface area contributed by atoms with E-state index in [9.17, 15) is 38.4 Å². The van der Waals surface area contributed by atoms with Crippen LogP contribution in [0.15, 0.2) is 0 Å². The van der Waals surface area contributed by atoms with Crippen LogP contribution in [0.5, 0.6) is 0 Å². The van der Waals surface area contributed by atoms with Crippen LogP contribution in [0.25, 0.3) is 0 Å². The van der Waals surface area contributed by atoms with Gasteiger partial charge in [-0.15, -0.1) is 0 Å². The lowest BCUT2D eigenvalue weighted by molar-refractivity contribution is -0.143. The Hall–Kier alpha value is -3.68. The van der Waals surface area contributed by atoms with E-state index in [0.29, 0.717) is 52.5 Å². The molecule has 0 heterocycles. The van der Waals surface area contributed by atoms with Gasteiger partial charge in [-0.1, -0.05) is 0 Å². The molecule has 0 saturated carbocycles. The molecule has 0 bridgehead atoms. The number of carboxylic acid groups (broad SMARTS) is 4. The summed E-state index contributed by atoms with van der Waals surface area (Å²) in [7, 11) is 0. The van der Waals surface area contributed by atoms with Crippen LogP contribution in [-0.2, 0) is 66.8 Å². The van der Waals surface area contributed by atoms with E-state index < -0.39 is 23.9 Å². The maximum absolute atomic E-state index is 10.5. The van der Waals surface area contributed by atoms with Crippen molar-refractivity contribution in [3.05, 3.63) is 0 Å². The maximum atomic E-state index is 10.5. The predicted octanol–water partition coefficient (Wildman–Crippen LogP) is 0.300. The molecule has 0 aliphatic carbocycles. The second kappa shape index (κ2) is 37.5. The average molecular weight is 673 g/mol. The SMILES string of the molecule is CC(=O)CC(=O)O.CC(=O)CCOCC(=O)O.CC(=O)CCOCCOCC(=O)O.CC(=O)CCOCCOCCOCC(=O)O. The summed E-state index contributed by atoms with van der Waals surface area (Å²) in [5, 5.41) is 32.4. The minimum Gasteiger partial charge on any atom is -0.481 e. The van der Waals surface area contributed by atoms with Crippen LogP contribution in [0.1, 0.15) is 53.4 Å². The fraction of sp³-hybridized carbons (Fsp3) is 0.714. The Balaban J connectivity index is -0.000000266. The fourth-order valence-electron chi connectivity index (χ4n) is 2.00. The summed E-state index contributed by atoms with van der Waals surface area (Å²) in [4.78, 5) is 80.5. The summed E-state index contributed by atoms with van der Waals surface area (Å²) >= 11 is 0. The highest BCUT2D eigenvalue weighted by Crippen LogP contribution is 1.87. The molecule has 268 valence electrons. The topological polar surface area (TPSA) is 273 Å². The highest BCUT2D eigenvalue weighted by atomic mass is 16.6. The molecule has 0 unspecified atom stereocenters. The molecular formula is C28H48O18. The minimum atomic E-state index is -1.06. The molecule has 0 rings (SSSR count). The van der Waals surface area contributed by atoms with Gasteiger partial charge in [-0.2, -0.15) is 0 Å². The Kier molecular flexibility index (Phi) is 40.1. The summed E-state index contributed by atoms with van der Waals surface area (Å²) in [5.41, 5.74) is 0. The molecular weight excluding hydrogens is 624 g/mol. The van der Waals surface area contributed by atoms with Crippen molar-refractivity contribution < 1.29 is 87.2 Å². The van der Waals surface area contributed by atoms with Crippen LogP contribution in [-0.4, -0.2) is 147 Å². The van der Waals surface area contributed by atoms with Crippen molar-refractivity contribution in [3.63, 3.8) is 0 Å². The van der Waals surface area contributed by atoms with Gasteiger partial charge in [0.05, 0.1) is 59.5 Å². The molecule has 0 saturated heterocycles. The maximum Gasteiger partial charge on any atom is 0.329 e. The first-order valence-corrected chi connectivity index (χ1v) is 13.8. The Morgan fingerprint density at radius 1 is 0.348 bits per heavy atom. The van der Waals surface area contributed by atoms with Gasteiger partial charge in [-0.05, 0) is 27.7 Å². The zero-order chi connectivity index (χ0) is 36.2. The average Bonchev–Trinajstić information content (AvgIpc) is 2.91. The minimum absolute atomic E-state index is 0.00499. The lowest BCUT2D eigenvalue weighted by Crippen LogP contribution is -2.13. The van der Waals surface area contributed by atoms with Gasteiger partial charge < -0.3 is 48.8 Å². The quantitative estimate of drug-likeness (QED) is 0.0710. The number of rotatable bonds is 26. The third-order valence-corrected chi connectivity index (χ3v) is 3.99. The molecule has 0 aromatic rings. The summed E-state index contributed by atoms with van der Waals surface area (Å²) < 4.78 is 29.2. The van der Waals surface area contributed by atoms with Crippen molar-refractivity contribution in [2.24, 2.45) is 0 Å². The molecule has 0 amide bonds. The molecule has 0 aliphatic heterocycles. The van der Waals surface area contributed by atoms with Crippen LogP contribution < -0.4 is 0 Å². The van der Waals surface area contributed by atoms with Crippen LogP contribution in [0.2, 0.25) is 0 Å². The predicted molar refractivity (Wildman–Crippen MR) is 157 cm³/mol. The lowest BCUT2D eigenvalue weighted by Gasteiger charge is -2.05. The molecule has 4 N–H and O–H groups in total. The molecule has 0 atom stereocenters. The van der Waals surface area contributed by atoms with Gasteiger partial charge in [0.15, 0.2) is 0 Å². The summed E-state index contributed by atoms with van der Waals surface area (Å²) in [5.74, 6) is -4.19. The van der Waals surface area contributed by atoms with Gasteiger partial charge >= 0.3 is 23.9 Å². The first-order valence-electron chi connectivity index (χ1n) is 13.8. The van der Waals surface area contributed by atoms with Crippen LogP contribution in [0.4, 0.5) is 0 Å². The number of ether oxygens (including phenoxy) is 6. The van der Waals surface area contributed by atoms with Crippen molar-refractivity contribution >= 4 is 47.0 Å². The lowest BCUT2D eigenvalue weighted by atomic mass is 10.3. The molecule has 0 aromatic heterocycles. The molecule has 0 radical (unpaired) electrons. The van der Waals surface area contributed by atoms with Gasteiger partial charge in [-0.3, -0.25) is 24.0 Å². The number of ketones is 4. The van der Waals surface area contributed by atoms with Crippen molar-refractivity contribution in [2.45, 2.75) is 53.4 Å². The van der Waals surface area contributed by atoms with E-state index in [-0.39, 0.29) is 75.6 Å². The normalized spacial score (nSPS) is 9.65. The Bertz CT molecular complexity index is 803. The molecule has 18 nitrogen and oxygen atoms in total. The first kappa shape index (κ1) is 49.2. The fourth-order valence-corrected chi connectivity index (χ4v) is 2.00. The van der Waals surface area contributed by atoms with Crippen molar-refractivity contribution in [2.75, 3.05) is 79.3 Å². The van der Waals surface area contributed by atoms with E-state index >= 15 is 0 Å². The zero-order valence-corrected chi connectivity index (χ0v) is 26.8. The molecule has 0 aliphatic rings. The van der Waals surface area contributed by atoms with E-state index in [2.05, 4.69) is 4.74 Å². The van der Waals surface area contributed by atoms with E-state index in [4.69, 9.17) is 44.1 Å². The zero-order valence-electron chi connectivity index (χ0n) is 26.8. The van der Waals surface area contributed by atoms with E-state index in [1.54, 1.807) is 0 Å². The van der Waals surface area contributed by atoms with Gasteiger partial charge in [0, 0.05) is 19.3 Å². The van der Waals surface area contributed by atoms with Gasteiger partial charge in [-0.25, -0.2) is 14.4 Å². The van der Waals surface area contributed by atoms with Crippen LogP contribution >= 0.6 is 0 Å². The Morgan fingerprint density at radius 2 is 0.587 bits per heavy atom. The monoisotopic (exact) mass is 672 g/mol. The summed E-state index contributed by atoms with van der Waals surface area (Å²) in [6.45, 7) is 7.69. The number of carbonyl (C=O) groups is 8. The van der Waals surface area contributed by atoms with Gasteiger partial charge in [0.1, 0.15) is 49.4 Å². The van der Waals surface area contributed by atoms with Crippen molar-refractivity contribution in [1.29, 1.82) is 0 Å². The van der Waals surface area contributed by atoms with E-state index in [1.165, 1.54) is 27.7 Å². The highest BCUT2D eigenvalue weighted by molar-refractivity contribution is 5.93. The number of hydrogen-bond donors (Lipinski definition) is 4.